The second-order valence-electron chi connectivity index (χ2n) is 4.33. The Hall–Kier alpha value is -2.16. The number of terminal acetylenes is 1. The van der Waals surface area contributed by atoms with Crippen LogP contribution in [0.25, 0.3) is 0 Å². The molecule has 0 bridgehead atoms. The molecule has 0 aliphatic heterocycles. The Labute approximate surface area is 138 Å². The molecule has 0 fully saturated rings. The van der Waals surface area contributed by atoms with Gasteiger partial charge in [0, 0.05) is 0 Å². The Morgan fingerprint density at radius 3 is 2.45 bits per heavy atom. The van der Waals surface area contributed by atoms with Crippen LogP contribution in [0.5, 0.6) is 5.75 Å². The number of hydrogen-bond donors (Lipinski definition) is 0. The third-order valence-corrected chi connectivity index (χ3v) is 4.38. The first-order valence-electron chi connectivity index (χ1n) is 6.75. The molecule has 0 spiro atoms. The van der Waals surface area contributed by atoms with Crippen molar-refractivity contribution in [2.45, 2.75) is 6.10 Å². The molecule has 1 atom stereocenters. The Balaban J connectivity index is 2.10. The van der Waals surface area contributed by atoms with E-state index in [0.717, 1.165) is 11.3 Å². The summed E-state index contributed by atoms with van der Waals surface area (Å²) in [6.07, 6.45) is 4.97. The summed E-state index contributed by atoms with van der Waals surface area (Å²) in [6.45, 7) is 0.240. The third kappa shape index (κ3) is 4.99. The zero-order chi connectivity index (χ0) is 15.6. The van der Waals surface area contributed by atoms with Crippen LogP contribution in [0.2, 0.25) is 0 Å². The summed E-state index contributed by atoms with van der Waals surface area (Å²) < 4.78 is 12.1. The molecule has 0 amide bonds. The van der Waals surface area contributed by atoms with Gasteiger partial charge in [-0.2, -0.15) is 0 Å². The van der Waals surface area contributed by atoms with E-state index in [1.807, 2.05) is 42.5 Å². The van der Waals surface area contributed by atoms with E-state index < -0.39 is 0 Å². The second kappa shape index (κ2) is 8.98. The standard InChI is InChI=1S/C19H16O2Se/c1-3-14-21-19(16-9-11-17(20-2)12-10-16)13-15-22-18-7-5-4-6-8-18/h1,4-12,19H,14H2,2H3. The molecule has 0 saturated carbocycles. The van der Waals surface area contributed by atoms with Crippen LogP contribution in [-0.4, -0.2) is 28.7 Å². The maximum absolute atomic E-state index is 5.65. The van der Waals surface area contributed by atoms with E-state index in [-0.39, 0.29) is 27.7 Å². The summed E-state index contributed by atoms with van der Waals surface area (Å²) >= 11 is 0.103. The van der Waals surface area contributed by atoms with Crippen LogP contribution >= 0.6 is 0 Å². The zero-order valence-electron chi connectivity index (χ0n) is 12.3. The SMILES string of the molecule is C#CCOC(C#C[Se]c1ccccc1)c1ccc(OC)cc1. The van der Waals surface area contributed by atoms with Crippen LogP contribution in [-0.2, 0) is 4.74 Å². The van der Waals surface area contributed by atoms with Gasteiger partial charge in [0.15, 0.2) is 0 Å². The van der Waals surface area contributed by atoms with E-state index in [2.05, 4.69) is 28.8 Å². The average molecular weight is 355 g/mol. The van der Waals surface area contributed by atoms with Gasteiger partial charge in [0.2, 0.25) is 0 Å². The van der Waals surface area contributed by atoms with E-state index in [1.165, 1.54) is 4.46 Å². The molecule has 22 heavy (non-hydrogen) atoms. The van der Waals surface area contributed by atoms with Crippen molar-refractivity contribution >= 4 is 19.4 Å². The molecule has 0 aliphatic carbocycles. The molecule has 0 N–H and O–H groups in total. The molecule has 2 aromatic rings. The number of benzene rings is 2. The van der Waals surface area contributed by atoms with E-state index in [4.69, 9.17) is 15.9 Å². The predicted octanol–water partition coefficient (Wildman–Crippen LogP) is 2.38. The molecule has 0 aromatic heterocycles. The number of rotatable bonds is 5. The van der Waals surface area contributed by atoms with Crippen molar-refractivity contribution in [1.29, 1.82) is 0 Å². The van der Waals surface area contributed by atoms with Crippen molar-refractivity contribution in [2.75, 3.05) is 13.7 Å². The fourth-order valence-corrected chi connectivity index (χ4v) is 2.97. The van der Waals surface area contributed by atoms with Gasteiger partial charge in [0.25, 0.3) is 0 Å². The minimum atomic E-state index is -0.312. The first-order valence-corrected chi connectivity index (χ1v) is 8.46. The van der Waals surface area contributed by atoms with Crippen LogP contribution in [0.1, 0.15) is 11.7 Å². The molecular weight excluding hydrogens is 339 g/mol. The fraction of sp³-hybridized carbons (Fsp3) is 0.158. The van der Waals surface area contributed by atoms with Crippen molar-refractivity contribution in [2.24, 2.45) is 0 Å². The van der Waals surface area contributed by atoms with E-state index in [0.29, 0.717) is 0 Å². The zero-order valence-corrected chi connectivity index (χ0v) is 14.0. The van der Waals surface area contributed by atoms with Gasteiger partial charge >= 0.3 is 138 Å². The third-order valence-electron chi connectivity index (χ3n) is 2.85. The normalized spacial score (nSPS) is 10.9. The van der Waals surface area contributed by atoms with Gasteiger partial charge in [-0.25, -0.2) is 0 Å². The molecule has 0 aliphatic rings. The Morgan fingerprint density at radius 1 is 1.09 bits per heavy atom. The summed E-state index contributed by atoms with van der Waals surface area (Å²) in [6, 6.07) is 17.9. The number of ether oxygens (including phenoxy) is 2. The van der Waals surface area contributed by atoms with Crippen molar-refractivity contribution < 1.29 is 9.47 Å². The summed E-state index contributed by atoms with van der Waals surface area (Å²) in [4.78, 5) is 3.23. The van der Waals surface area contributed by atoms with Crippen LogP contribution in [0.15, 0.2) is 54.6 Å². The van der Waals surface area contributed by atoms with E-state index in [9.17, 15) is 0 Å². The fourth-order valence-electron chi connectivity index (χ4n) is 1.76. The molecule has 2 aromatic carbocycles. The summed E-state index contributed by atoms with van der Waals surface area (Å²) in [7, 11) is 1.64. The first kappa shape index (κ1) is 16.2. The first-order chi connectivity index (χ1) is 10.8. The quantitative estimate of drug-likeness (QED) is 0.606. The predicted molar refractivity (Wildman–Crippen MR) is 90.1 cm³/mol. The van der Waals surface area contributed by atoms with Crippen LogP contribution in [0.4, 0.5) is 0 Å². The molecule has 2 rings (SSSR count). The van der Waals surface area contributed by atoms with Gasteiger partial charge in [0.1, 0.15) is 0 Å². The monoisotopic (exact) mass is 356 g/mol. The molecular formula is C19H16O2Se. The van der Waals surface area contributed by atoms with Gasteiger partial charge < -0.3 is 0 Å². The molecule has 0 radical (unpaired) electrons. The average Bonchev–Trinajstić information content (AvgIpc) is 2.59. The number of hydrogen-bond acceptors (Lipinski definition) is 2. The van der Waals surface area contributed by atoms with Gasteiger partial charge in [-0.05, 0) is 0 Å². The van der Waals surface area contributed by atoms with Crippen LogP contribution in [0.3, 0.4) is 0 Å². The summed E-state index contributed by atoms with van der Waals surface area (Å²) in [5.41, 5.74) is 0.979. The Kier molecular flexibility index (Phi) is 6.62. The number of methoxy groups -OCH3 is 1. The molecule has 0 saturated heterocycles. The molecule has 0 heterocycles. The summed E-state index contributed by atoms with van der Waals surface area (Å²) in [5, 5.41) is 0. The van der Waals surface area contributed by atoms with Crippen LogP contribution in [0, 0.1) is 23.1 Å². The van der Waals surface area contributed by atoms with Crippen molar-refractivity contribution in [3.05, 3.63) is 60.2 Å². The Bertz CT molecular complexity index is 675. The van der Waals surface area contributed by atoms with Gasteiger partial charge in [-0.1, -0.05) is 0 Å². The van der Waals surface area contributed by atoms with Crippen LogP contribution < -0.4 is 9.20 Å². The van der Waals surface area contributed by atoms with Gasteiger partial charge in [0.05, 0.1) is 0 Å². The molecule has 110 valence electrons. The topological polar surface area (TPSA) is 18.5 Å². The second-order valence-corrected chi connectivity index (χ2v) is 6.18. The maximum atomic E-state index is 5.65. The Morgan fingerprint density at radius 2 is 1.82 bits per heavy atom. The molecule has 2 nitrogen and oxygen atoms in total. The van der Waals surface area contributed by atoms with Crippen molar-refractivity contribution in [1.82, 2.24) is 0 Å². The van der Waals surface area contributed by atoms with Crippen molar-refractivity contribution in [3.63, 3.8) is 0 Å². The van der Waals surface area contributed by atoms with E-state index >= 15 is 0 Å². The van der Waals surface area contributed by atoms with E-state index in [1.54, 1.807) is 7.11 Å². The molecule has 1 unspecified atom stereocenters. The molecule has 3 heteroatoms. The summed E-state index contributed by atoms with van der Waals surface area (Å²) in [5.74, 6) is 6.47. The minimum absolute atomic E-state index is 0.103. The van der Waals surface area contributed by atoms with Gasteiger partial charge in [-0.3, -0.25) is 0 Å². The van der Waals surface area contributed by atoms with Crippen molar-refractivity contribution in [3.8, 4) is 28.8 Å². The van der Waals surface area contributed by atoms with Gasteiger partial charge in [-0.15, -0.1) is 0 Å².